The molecule has 0 bridgehead atoms. The van der Waals surface area contributed by atoms with Crippen LogP contribution in [0.25, 0.3) is 0 Å². The lowest BCUT2D eigenvalue weighted by Gasteiger charge is -2.07. The lowest BCUT2D eigenvalue weighted by molar-refractivity contribution is 0.0693. The van der Waals surface area contributed by atoms with Gasteiger partial charge in [-0.1, -0.05) is 0 Å². The molecule has 3 rings (SSSR count). The monoisotopic (exact) mass is 310 g/mol. The van der Waals surface area contributed by atoms with Crippen molar-refractivity contribution in [3.05, 3.63) is 59.2 Å². The number of rotatable bonds is 3. The van der Waals surface area contributed by atoms with E-state index in [4.69, 9.17) is 4.74 Å². The Balaban J connectivity index is 1.83. The Kier molecular flexibility index (Phi) is 3.57. The van der Waals surface area contributed by atoms with Gasteiger partial charge in [0.1, 0.15) is 5.75 Å². The SMILES string of the molecule is COc1ccc(NC(=O)c2ccc3c(c2)C(=O)N(C)C3=O)cc1. The molecule has 2 aromatic carbocycles. The highest BCUT2D eigenvalue weighted by atomic mass is 16.5. The third kappa shape index (κ3) is 2.55. The lowest BCUT2D eigenvalue weighted by atomic mass is 10.1. The Labute approximate surface area is 132 Å². The van der Waals surface area contributed by atoms with Crippen molar-refractivity contribution in [3.8, 4) is 5.75 Å². The van der Waals surface area contributed by atoms with E-state index in [1.165, 1.54) is 25.2 Å². The molecule has 1 N–H and O–H groups in total. The van der Waals surface area contributed by atoms with E-state index in [0.717, 1.165) is 4.90 Å². The van der Waals surface area contributed by atoms with Crippen molar-refractivity contribution in [1.29, 1.82) is 0 Å². The van der Waals surface area contributed by atoms with Gasteiger partial charge in [-0.2, -0.15) is 0 Å². The summed E-state index contributed by atoms with van der Waals surface area (Å²) in [5, 5.41) is 2.73. The van der Waals surface area contributed by atoms with Crippen LogP contribution < -0.4 is 10.1 Å². The minimum absolute atomic E-state index is 0.250. The van der Waals surface area contributed by atoms with Crippen LogP contribution in [0, 0.1) is 0 Å². The Morgan fingerprint density at radius 1 is 1.00 bits per heavy atom. The topological polar surface area (TPSA) is 75.7 Å². The molecule has 0 aromatic heterocycles. The Morgan fingerprint density at radius 3 is 2.30 bits per heavy atom. The zero-order valence-corrected chi connectivity index (χ0v) is 12.6. The van der Waals surface area contributed by atoms with Crippen molar-refractivity contribution >= 4 is 23.4 Å². The summed E-state index contributed by atoms with van der Waals surface area (Å²) in [4.78, 5) is 37.1. The van der Waals surface area contributed by atoms with Gasteiger partial charge in [-0.15, -0.1) is 0 Å². The maximum absolute atomic E-state index is 12.3. The van der Waals surface area contributed by atoms with Gasteiger partial charge in [0.05, 0.1) is 18.2 Å². The number of hydrogen-bond acceptors (Lipinski definition) is 4. The number of nitrogens with zero attached hydrogens (tertiary/aromatic N) is 1. The van der Waals surface area contributed by atoms with E-state index >= 15 is 0 Å². The van der Waals surface area contributed by atoms with Crippen molar-refractivity contribution in [2.45, 2.75) is 0 Å². The van der Waals surface area contributed by atoms with Crippen LogP contribution in [0.2, 0.25) is 0 Å². The molecule has 1 aliphatic heterocycles. The molecule has 1 heterocycles. The van der Waals surface area contributed by atoms with Gasteiger partial charge in [0.25, 0.3) is 17.7 Å². The van der Waals surface area contributed by atoms with Gasteiger partial charge >= 0.3 is 0 Å². The van der Waals surface area contributed by atoms with Crippen LogP contribution in [-0.4, -0.2) is 36.8 Å². The molecule has 23 heavy (non-hydrogen) atoms. The molecule has 0 saturated heterocycles. The number of methoxy groups -OCH3 is 1. The van der Waals surface area contributed by atoms with Crippen LogP contribution in [0.4, 0.5) is 5.69 Å². The number of hydrogen-bond donors (Lipinski definition) is 1. The van der Waals surface area contributed by atoms with E-state index in [1.807, 2.05) is 0 Å². The summed E-state index contributed by atoms with van der Waals surface area (Å²) < 4.78 is 5.05. The summed E-state index contributed by atoms with van der Waals surface area (Å²) in [6.07, 6.45) is 0. The quantitative estimate of drug-likeness (QED) is 0.882. The largest absolute Gasteiger partial charge is 0.497 e. The van der Waals surface area contributed by atoms with Crippen LogP contribution in [0.5, 0.6) is 5.75 Å². The average molecular weight is 310 g/mol. The highest BCUT2D eigenvalue weighted by Gasteiger charge is 2.33. The van der Waals surface area contributed by atoms with Gasteiger partial charge in [0.2, 0.25) is 0 Å². The highest BCUT2D eigenvalue weighted by Crippen LogP contribution is 2.23. The fourth-order valence-corrected chi connectivity index (χ4v) is 2.38. The first-order chi connectivity index (χ1) is 11.0. The molecule has 1 aliphatic rings. The number of nitrogens with one attached hydrogen (secondary N) is 1. The van der Waals surface area contributed by atoms with Gasteiger partial charge in [-0.3, -0.25) is 19.3 Å². The van der Waals surface area contributed by atoms with Crippen molar-refractivity contribution < 1.29 is 19.1 Å². The van der Waals surface area contributed by atoms with Crippen LogP contribution in [0.3, 0.4) is 0 Å². The minimum atomic E-state index is -0.399. The Bertz CT molecular complexity index is 812. The van der Waals surface area contributed by atoms with Gasteiger partial charge in [0, 0.05) is 18.3 Å². The van der Waals surface area contributed by atoms with Crippen molar-refractivity contribution in [2.75, 3.05) is 19.5 Å². The Morgan fingerprint density at radius 2 is 1.65 bits per heavy atom. The van der Waals surface area contributed by atoms with Gasteiger partial charge < -0.3 is 10.1 Å². The summed E-state index contributed by atoms with van der Waals surface area (Å²) in [5.41, 5.74) is 1.49. The second-order valence-electron chi connectivity index (χ2n) is 5.11. The molecule has 2 aromatic rings. The van der Waals surface area contributed by atoms with E-state index in [9.17, 15) is 14.4 Å². The fraction of sp³-hybridized carbons (Fsp3) is 0.118. The molecular weight excluding hydrogens is 296 g/mol. The fourth-order valence-electron chi connectivity index (χ4n) is 2.38. The van der Waals surface area contributed by atoms with E-state index < -0.39 is 5.91 Å². The molecule has 0 fully saturated rings. The van der Waals surface area contributed by atoms with E-state index in [1.54, 1.807) is 31.4 Å². The first kappa shape index (κ1) is 14.8. The number of carbonyl (C=O) groups excluding carboxylic acids is 3. The summed E-state index contributed by atoms with van der Waals surface area (Å²) in [6.45, 7) is 0. The number of carbonyl (C=O) groups is 3. The van der Waals surface area contributed by atoms with Gasteiger partial charge in [-0.05, 0) is 42.5 Å². The zero-order chi connectivity index (χ0) is 16.6. The van der Waals surface area contributed by atoms with Crippen LogP contribution in [0.15, 0.2) is 42.5 Å². The first-order valence-electron chi connectivity index (χ1n) is 6.93. The van der Waals surface area contributed by atoms with Gasteiger partial charge in [-0.25, -0.2) is 0 Å². The number of amides is 3. The summed E-state index contributed by atoms with van der Waals surface area (Å²) >= 11 is 0. The minimum Gasteiger partial charge on any atom is -0.497 e. The maximum Gasteiger partial charge on any atom is 0.261 e. The standard InChI is InChI=1S/C17H14N2O4/c1-19-16(21)13-8-3-10(9-14(13)17(19)22)15(20)18-11-4-6-12(23-2)7-5-11/h3-9H,1-2H3,(H,18,20). The molecule has 0 radical (unpaired) electrons. The molecule has 0 aliphatic carbocycles. The molecule has 0 spiro atoms. The summed E-state index contributed by atoms with van der Waals surface area (Å²) in [6, 6.07) is 11.4. The molecule has 116 valence electrons. The number of imide groups is 1. The van der Waals surface area contributed by atoms with Crippen LogP contribution in [0.1, 0.15) is 31.1 Å². The number of ether oxygens (including phenoxy) is 1. The molecule has 0 saturated carbocycles. The predicted octanol–water partition coefficient (Wildman–Crippen LogP) is 2.17. The molecule has 6 nitrogen and oxygen atoms in total. The third-order valence-corrected chi connectivity index (χ3v) is 3.70. The average Bonchev–Trinajstić information content (AvgIpc) is 2.79. The number of fused-ring (bicyclic) bond motifs is 1. The van der Waals surface area contributed by atoms with E-state index in [0.29, 0.717) is 22.6 Å². The molecule has 0 atom stereocenters. The van der Waals surface area contributed by atoms with Crippen molar-refractivity contribution in [3.63, 3.8) is 0 Å². The van der Waals surface area contributed by atoms with Crippen molar-refractivity contribution in [1.82, 2.24) is 4.90 Å². The second kappa shape index (κ2) is 5.57. The molecule has 0 unspecified atom stereocenters. The number of anilines is 1. The normalized spacial score (nSPS) is 13.0. The predicted molar refractivity (Wildman–Crippen MR) is 83.8 cm³/mol. The molecule has 6 heteroatoms. The van der Waals surface area contributed by atoms with Crippen LogP contribution in [-0.2, 0) is 0 Å². The van der Waals surface area contributed by atoms with E-state index in [2.05, 4.69) is 5.32 Å². The van der Waals surface area contributed by atoms with Gasteiger partial charge in [0.15, 0.2) is 0 Å². The smallest absolute Gasteiger partial charge is 0.261 e. The lowest BCUT2D eigenvalue weighted by Crippen LogP contribution is -2.24. The highest BCUT2D eigenvalue weighted by molar-refractivity contribution is 6.22. The third-order valence-electron chi connectivity index (χ3n) is 3.70. The van der Waals surface area contributed by atoms with Crippen LogP contribution >= 0.6 is 0 Å². The van der Waals surface area contributed by atoms with Crippen molar-refractivity contribution in [2.24, 2.45) is 0 Å². The number of benzene rings is 2. The maximum atomic E-state index is 12.3. The molecular formula is C17H14N2O4. The zero-order valence-electron chi connectivity index (χ0n) is 12.6. The summed E-state index contributed by atoms with van der Waals surface area (Å²) in [5.74, 6) is -0.420. The first-order valence-corrected chi connectivity index (χ1v) is 6.93. The summed E-state index contributed by atoms with van der Waals surface area (Å²) in [7, 11) is 2.98. The molecule has 3 amide bonds. The Hall–Kier alpha value is -3.15. The second-order valence-corrected chi connectivity index (χ2v) is 5.11. The van der Waals surface area contributed by atoms with E-state index in [-0.39, 0.29) is 17.4 Å².